The molecule has 0 saturated carbocycles. The molecule has 0 aliphatic carbocycles. The fourth-order valence-corrected chi connectivity index (χ4v) is 1.94. The van der Waals surface area contributed by atoms with Crippen LogP contribution in [0.5, 0.6) is 0 Å². The summed E-state index contributed by atoms with van der Waals surface area (Å²) in [7, 11) is 0. The molecule has 2 aromatic rings. The predicted molar refractivity (Wildman–Crippen MR) is 81.6 cm³/mol. The van der Waals surface area contributed by atoms with E-state index >= 15 is 0 Å². The zero-order valence-corrected chi connectivity index (χ0v) is 12.0. The number of hydrogen-bond acceptors (Lipinski definition) is 4. The molecule has 0 fully saturated rings. The molecule has 2 rings (SSSR count). The van der Waals surface area contributed by atoms with Crippen LogP contribution in [-0.4, -0.2) is 12.6 Å². The molecule has 0 aromatic heterocycles. The largest absolute Gasteiger partial charge is 0.462 e. The molecule has 0 aliphatic heterocycles. The normalized spacial score (nSPS) is 9.76. The van der Waals surface area contributed by atoms with E-state index < -0.39 is 0 Å². The topological polar surface area (TPSA) is 62.1 Å². The number of aryl methyl sites for hydroxylation is 1. The smallest absolute Gasteiger partial charge is 0.338 e. The predicted octanol–water partition coefficient (Wildman–Crippen LogP) is 3.79. The first kappa shape index (κ1) is 14.6. The van der Waals surface area contributed by atoms with Crippen LogP contribution >= 0.6 is 0 Å². The van der Waals surface area contributed by atoms with Crippen molar-refractivity contribution in [1.29, 1.82) is 5.26 Å². The van der Waals surface area contributed by atoms with Gasteiger partial charge in [-0.2, -0.15) is 5.26 Å². The summed E-state index contributed by atoms with van der Waals surface area (Å²) in [4.78, 5) is 11.6. The van der Waals surface area contributed by atoms with Crippen LogP contribution in [0, 0.1) is 18.3 Å². The van der Waals surface area contributed by atoms with E-state index in [2.05, 4.69) is 11.4 Å². The van der Waals surface area contributed by atoms with Crippen molar-refractivity contribution in [1.82, 2.24) is 0 Å². The molecule has 2 aromatic carbocycles. The van der Waals surface area contributed by atoms with Crippen LogP contribution in [-0.2, 0) is 4.74 Å². The maximum atomic E-state index is 11.6. The highest BCUT2D eigenvalue weighted by Crippen LogP contribution is 2.20. The van der Waals surface area contributed by atoms with Crippen LogP contribution in [0.3, 0.4) is 0 Å². The molecule has 21 heavy (non-hydrogen) atoms. The van der Waals surface area contributed by atoms with Crippen molar-refractivity contribution in [3.8, 4) is 6.07 Å². The SMILES string of the molecule is CCOC(=O)c1ccc(Nc2ccc(C#N)c(C)c2)cc1. The van der Waals surface area contributed by atoms with Gasteiger partial charge in [0.25, 0.3) is 0 Å². The fourth-order valence-electron chi connectivity index (χ4n) is 1.94. The van der Waals surface area contributed by atoms with Gasteiger partial charge in [0.1, 0.15) is 0 Å². The van der Waals surface area contributed by atoms with E-state index in [1.165, 1.54) is 0 Å². The van der Waals surface area contributed by atoms with Gasteiger partial charge in [0.2, 0.25) is 0 Å². The quantitative estimate of drug-likeness (QED) is 0.865. The number of carbonyl (C=O) groups excluding carboxylic acids is 1. The molecule has 4 heteroatoms. The summed E-state index contributed by atoms with van der Waals surface area (Å²) >= 11 is 0. The first-order chi connectivity index (χ1) is 10.1. The first-order valence-corrected chi connectivity index (χ1v) is 6.69. The van der Waals surface area contributed by atoms with E-state index in [9.17, 15) is 4.79 Å². The molecule has 0 spiro atoms. The van der Waals surface area contributed by atoms with Crippen LogP contribution in [0.1, 0.15) is 28.4 Å². The molecule has 0 atom stereocenters. The second-order valence-electron chi connectivity index (χ2n) is 4.56. The Morgan fingerprint density at radius 2 is 1.86 bits per heavy atom. The molecule has 0 amide bonds. The van der Waals surface area contributed by atoms with E-state index in [1.54, 1.807) is 25.1 Å². The summed E-state index contributed by atoms with van der Waals surface area (Å²) in [6.45, 7) is 4.04. The van der Waals surface area contributed by atoms with E-state index in [1.807, 2.05) is 31.2 Å². The van der Waals surface area contributed by atoms with Gasteiger partial charge in [-0.3, -0.25) is 0 Å². The molecule has 0 aliphatic rings. The van der Waals surface area contributed by atoms with Crippen molar-refractivity contribution in [3.63, 3.8) is 0 Å². The van der Waals surface area contributed by atoms with Crippen molar-refractivity contribution >= 4 is 17.3 Å². The molecule has 0 heterocycles. The number of nitrogens with one attached hydrogen (secondary N) is 1. The summed E-state index contributed by atoms with van der Waals surface area (Å²) in [5.74, 6) is -0.321. The lowest BCUT2D eigenvalue weighted by atomic mass is 10.1. The Hall–Kier alpha value is -2.80. The fraction of sp³-hybridized carbons (Fsp3) is 0.176. The number of nitrogens with zero attached hydrogens (tertiary/aromatic N) is 1. The summed E-state index contributed by atoms with van der Waals surface area (Å²) in [5, 5.41) is 12.1. The summed E-state index contributed by atoms with van der Waals surface area (Å²) in [6.07, 6.45) is 0. The molecule has 1 N–H and O–H groups in total. The van der Waals surface area contributed by atoms with Crippen LogP contribution < -0.4 is 5.32 Å². The van der Waals surface area contributed by atoms with Gasteiger partial charge in [-0.15, -0.1) is 0 Å². The minimum atomic E-state index is -0.321. The van der Waals surface area contributed by atoms with E-state index in [0.717, 1.165) is 16.9 Å². The number of ether oxygens (including phenoxy) is 1. The van der Waals surface area contributed by atoms with Gasteiger partial charge in [-0.25, -0.2) is 4.79 Å². The zero-order valence-electron chi connectivity index (χ0n) is 12.0. The Labute approximate surface area is 124 Å². The lowest BCUT2D eigenvalue weighted by Crippen LogP contribution is -2.04. The van der Waals surface area contributed by atoms with Crippen molar-refractivity contribution in [2.24, 2.45) is 0 Å². The van der Waals surface area contributed by atoms with Gasteiger partial charge in [0.05, 0.1) is 23.8 Å². The van der Waals surface area contributed by atoms with Gasteiger partial charge >= 0.3 is 5.97 Å². The van der Waals surface area contributed by atoms with Crippen LogP contribution in [0.2, 0.25) is 0 Å². The minimum absolute atomic E-state index is 0.321. The van der Waals surface area contributed by atoms with Gasteiger partial charge in [0, 0.05) is 11.4 Å². The third-order valence-corrected chi connectivity index (χ3v) is 3.03. The average molecular weight is 280 g/mol. The molecule has 4 nitrogen and oxygen atoms in total. The standard InChI is InChI=1S/C17H16N2O2/c1-3-21-17(20)13-4-7-15(8-5-13)19-16-9-6-14(11-18)12(2)10-16/h4-10,19H,3H2,1-2H3. The number of rotatable bonds is 4. The number of anilines is 2. The van der Waals surface area contributed by atoms with E-state index in [-0.39, 0.29) is 5.97 Å². The zero-order chi connectivity index (χ0) is 15.2. The summed E-state index contributed by atoms with van der Waals surface area (Å²) < 4.78 is 4.94. The maximum Gasteiger partial charge on any atom is 0.338 e. The molecule has 0 radical (unpaired) electrons. The lowest BCUT2D eigenvalue weighted by molar-refractivity contribution is 0.0526. The van der Waals surface area contributed by atoms with E-state index in [0.29, 0.717) is 17.7 Å². The first-order valence-electron chi connectivity index (χ1n) is 6.69. The average Bonchev–Trinajstić information content (AvgIpc) is 2.48. The van der Waals surface area contributed by atoms with Crippen LogP contribution in [0.15, 0.2) is 42.5 Å². The van der Waals surface area contributed by atoms with Crippen LogP contribution in [0.4, 0.5) is 11.4 Å². The molecule has 106 valence electrons. The lowest BCUT2D eigenvalue weighted by Gasteiger charge is -2.09. The van der Waals surface area contributed by atoms with Crippen molar-refractivity contribution in [3.05, 3.63) is 59.2 Å². The van der Waals surface area contributed by atoms with Crippen molar-refractivity contribution < 1.29 is 9.53 Å². The van der Waals surface area contributed by atoms with Crippen LogP contribution in [0.25, 0.3) is 0 Å². The second kappa shape index (κ2) is 6.58. The molecule has 0 saturated heterocycles. The van der Waals surface area contributed by atoms with Gasteiger partial charge in [0.15, 0.2) is 0 Å². The molecule has 0 bridgehead atoms. The number of carbonyl (C=O) groups is 1. The minimum Gasteiger partial charge on any atom is -0.462 e. The summed E-state index contributed by atoms with van der Waals surface area (Å²) in [6, 6.07) is 14.8. The highest BCUT2D eigenvalue weighted by Gasteiger charge is 2.06. The maximum absolute atomic E-state index is 11.6. The summed E-state index contributed by atoms with van der Waals surface area (Å²) in [5.41, 5.74) is 3.88. The van der Waals surface area contributed by atoms with Gasteiger partial charge in [-0.05, 0) is 61.9 Å². The second-order valence-corrected chi connectivity index (χ2v) is 4.56. The number of hydrogen-bond donors (Lipinski definition) is 1. The van der Waals surface area contributed by atoms with Gasteiger partial charge in [-0.1, -0.05) is 0 Å². The number of benzene rings is 2. The molecular weight excluding hydrogens is 264 g/mol. The third kappa shape index (κ3) is 3.61. The van der Waals surface area contributed by atoms with Crippen molar-refractivity contribution in [2.75, 3.05) is 11.9 Å². The highest BCUT2D eigenvalue weighted by molar-refractivity contribution is 5.89. The van der Waals surface area contributed by atoms with Gasteiger partial charge < -0.3 is 10.1 Å². The Kier molecular flexibility index (Phi) is 4.57. The van der Waals surface area contributed by atoms with Crippen molar-refractivity contribution in [2.45, 2.75) is 13.8 Å². The van der Waals surface area contributed by atoms with E-state index in [4.69, 9.17) is 10.00 Å². The Morgan fingerprint density at radius 1 is 1.19 bits per heavy atom. The number of esters is 1. The number of nitriles is 1. The molecular formula is C17H16N2O2. The highest BCUT2D eigenvalue weighted by atomic mass is 16.5. The molecule has 0 unspecified atom stereocenters. The third-order valence-electron chi connectivity index (χ3n) is 3.03. The Morgan fingerprint density at radius 3 is 2.43 bits per heavy atom. The monoisotopic (exact) mass is 280 g/mol. The Bertz CT molecular complexity index is 685. The Balaban J connectivity index is 2.12.